The molecule has 2 N–H and O–H groups in total. The van der Waals surface area contributed by atoms with Crippen molar-refractivity contribution in [1.82, 2.24) is 14.8 Å². The van der Waals surface area contributed by atoms with Crippen molar-refractivity contribution in [2.75, 3.05) is 5.43 Å². The minimum Gasteiger partial charge on any atom is -0.299 e. The quantitative estimate of drug-likeness (QED) is 0.205. The maximum absolute atomic E-state index is 13.1. The number of hydrazine groups is 1. The van der Waals surface area contributed by atoms with Crippen molar-refractivity contribution >= 4 is 51.3 Å². The van der Waals surface area contributed by atoms with Gasteiger partial charge in [0, 0.05) is 28.8 Å². The van der Waals surface area contributed by atoms with Gasteiger partial charge >= 0.3 is 0 Å². The molecule has 194 valence electrons. The fourth-order valence-electron chi connectivity index (χ4n) is 5.17. The number of benzene rings is 3. The first kappa shape index (κ1) is 26.1. The summed E-state index contributed by atoms with van der Waals surface area (Å²) < 4.78 is 2.15. The van der Waals surface area contributed by atoms with Crippen LogP contribution in [-0.4, -0.2) is 15.3 Å². The molecule has 1 amide bonds. The zero-order valence-electron chi connectivity index (χ0n) is 21.8. The number of anilines is 1. The van der Waals surface area contributed by atoms with Crippen LogP contribution in [0.25, 0.3) is 16.6 Å². The number of carbonyl (C=O) groups is 1. The number of halogens is 2. The van der Waals surface area contributed by atoms with Gasteiger partial charge < -0.3 is 0 Å². The van der Waals surface area contributed by atoms with E-state index >= 15 is 0 Å². The van der Waals surface area contributed by atoms with Crippen molar-refractivity contribution in [2.45, 2.75) is 40.0 Å². The molecule has 0 bridgehead atoms. The molecule has 5 nitrogen and oxygen atoms in total. The maximum Gasteiger partial charge on any atom is 0.246 e. The zero-order chi connectivity index (χ0) is 27.0. The van der Waals surface area contributed by atoms with E-state index in [0.717, 1.165) is 50.3 Å². The Hall–Kier alpha value is -3.54. The van der Waals surface area contributed by atoms with Gasteiger partial charge in [0.2, 0.25) is 5.91 Å². The predicted octanol–water partition coefficient (Wildman–Crippen LogP) is 7.88. The number of amides is 1. The molecular weight excluding hydrogens is 515 g/mol. The largest absolute Gasteiger partial charge is 0.299 e. The van der Waals surface area contributed by atoms with Crippen LogP contribution >= 0.6 is 23.2 Å². The second-order valence-electron chi connectivity index (χ2n) is 10.1. The molecule has 0 radical (unpaired) electrons. The Morgan fingerprint density at radius 1 is 0.947 bits per heavy atom. The van der Waals surface area contributed by atoms with E-state index in [1.165, 1.54) is 0 Å². The van der Waals surface area contributed by atoms with E-state index in [0.29, 0.717) is 16.5 Å². The standard InChI is InChI=1S/C31H30Cl2N4O/c1-18(2)29(31(38)36-35-23-8-6-5-7-9-23)22-12-10-21(11-13-22)15-25-24-16-26(32)27(33)17-28(24)37-20(4)14-19(3)34-30(25)37/h5-14,16-18,29,35H,15H2,1-4H3,(H,36,38). The molecule has 0 fully saturated rings. The lowest BCUT2D eigenvalue weighted by atomic mass is 9.87. The van der Waals surface area contributed by atoms with Crippen LogP contribution in [0.5, 0.6) is 0 Å². The van der Waals surface area contributed by atoms with E-state index in [1.807, 2.05) is 49.4 Å². The highest BCUT2D eigenvalue weighted by Gasteiger charge is 2.24. The number of hydrogen-bond donors (Lipinski definition) is 2. The lowest BCUT2D eigenvalue weighted by Gasteiger charge is -2.21. The highest BCUT2D eigenvalue weighted by Crippen LogP contribution is 2.35. The van der Waals surface area contributed by atoms with Crippen LogP contribution in [0.15, 0.2) is 72.8 Å². The Kier molecular flexibility index (Phi) is 7.33. The highest BCUT2D eigenvalue weighted by molar-refractivity contribution is 6.42. The fraction of sp³-hybridized carbons (Fsp3) is 0.226. The number of nitrogens with one attached hydrogen (secondary N) is 2. The molecule has 3 aromatic carbocycles. The third kappa shape index (κ3) is 5.09. The van der Waals surface area contributed by atoms with Gasteiger partial charge in [0.1, 0.15) is 5.65 Å². The molecule has 7 heteroatoms. The van der Waals surface area contributed by atoms with E-state index in [1.54, 1.807) is 0 Å². The molecule has 0 aliphatic rings. The molecule has 5 aromatic rings. The average Bonchev–Trinajstić information content (AvgIpc) is 3.16. The third-order valence-corrected chi connectivity index (χ3v) is 7.63. The second kappa shape index (κ2) is 10.7. The lowest BCUT2D eigenvalue weighted by Crippen LogP contribution is -2.36. The lowest BCUT2D eigenvalue weighted by molar-refractivity contribution is -0.123. The van der Waals surface area contributed by atoms with Crippen LogP contribution in [0.3, 0.4) is 0 Å². The molecule has 1 atom stereocenters. The number of aromatic nitrogens is 2. The molecule has 0 saturated carbocycles. The first-order chi connectivity index (χ1) is 18.2. The number of nitrogens with zero attached hydrogens (tertiary/aromatic N) is 2. The van der Waals surface area contributed by atoms with Crippen LogP contribution in [-0.2, 0) is 11.2 Å². The molecule has 2 heterocycles. The van der Waals surface area contributed by atoms with E-state index in [2.05, 4.69) is 66.4 Å². The second-order valence-corrected chi connectivity index (χ2v) is 10.9. The Morgan fingerprint density at radius 3 is 2.32 bits per heavy atom. The van der Waals surface area contributed by atoms with Gasteiger partial charge in [-0.2, -0.15) is 0 Å². The summed E-state index contributed by atoms with van der Waals surface area (Å²) in [6, 6.07) is 23.8. The van der Waals surface area contributed by atoms with Gasteiger partial charge in [-0.05, 0) is 61.2 Å². The van der Waals surface area contributed by atoms with Crippen molar-refractivity contribution < 1.29 is 4.79 Å². The van der Waals surface area contributed by atoms with Crippen LogP contribution < -0.4 is 10.9 Å². The number of para-hydroxylation sites is 1. The summed E-state index contributed by atoms with van der Waals surface area (Å²) in [5, 5.41) is 2.08. The molecule has 5 rings (SSSR count). The molecule has 38 heavy (non-hydrogen) atoms. The van der Waals surface area contributed by atoms with Crippen molar-refractivity contribution in [1.29, 1.82) is 0 Å². The van der Waals surface area contributed by atoms with Gasteiger partial charge in [-0.25, -0.2) is 4.98 Å². The minimum absolute atomic E-state index is 0.0669. The van der Waals surface area contributed by atoms with Gasteiger partial charge in [-0.15, -0.1) is 0 Å². The Balaban J connectivity index is 1.45. The molecule has 0 saturated heterocycles. The first-order valence-electron chi connectivity index (χ1n) is 12.7. The van der Waals surface area contributed by atoms with E-state index in [-0.39, 0.29) is 17.7 Å². The third-order valence-electron chi connectivity index (χ3n) is 6.91. The summed E-state index contributed by atoms with van der Waals surface area (Å²) in [4.78, 5) is 18.0. The molecule has 0 aliphatic carbocycles. The Labute approximate surface area is 232 Å². The zero-order valence-corrected chi connectivity index (χ0v) is 23.4. The normalized spacial score (nSPS) is 12.3. The van der Waals surface area contributed by atoms with Crippen LogP contribution in [0.4, 0.5) is 5.69 Å². The van der Waals surface area contributed by atoms with Crippen LogP contribution in [0, 0.1) is 19.8 Å². The minimum atomic E-state index is -0.288. The maximum atomic E-state index is 13.1. The number of hydrogen-bond acceptors (Lipinski definition) is 3. The van der Waals surface area contributed by atoms with E-state index in [4.69, 9.17) is 28.2 Å². The van der Waals surface area contributed by atoms with Gasteiger partial charge in [0.25, 0.3) is 0 Å². The van der Waals surface area contributed by atoms with Crippen molar-refractivity contribution in [3.8, 4) is 0 Å². The van der Waals surface area contributed by atoms with Crippen LogP contribution in [0.1, 0.15) is 47.8 Å². The monoisotopic (exact) mass is 544 g/mol. The SMILES string of the molecule is Cc1cc(C)n2c(n1)c(Cc1ccc(C(C(=O)NNc3ccccc3)C(C)C)cc1)c1cc(Cl)c(Cl)cc12. The molecular formula is C31H30Cl2N4O. The number of fused-ring (bicyclic) bond motifs is 3. The van der Waals surface area contributed by atoms with Gasteiger partial charge in [0.15, 0.2) is 0 Å². The summed E-state index contributed by atoms with van der Waals surface area (Å²) in [7, 11) is 0. The number of aryl methyl sites for hydroxylation is 2. The highest BCUT2D eigenvalue weighted by atomic mass is 35.5. The summed E-state index contributed by atoms with van der Waals surface area (Å²) in [5.41, 5.74) is 13.9. The molecule has 0 aliphatic heterocycles. The van der Waals surface area contributed by atoms with Crippen molar-refractivity contribution in [2.24, 2.45) is 5.92 Å². The van der Waals surface area contributed by atoms with Crippen molar-refractivity contribution in [3.05, 3.63) is 111 Å². The van der Waals surface area contributed by atoms with Gasteiger partial charge in [0.05, 0.1) is 27.2 Å². The molecule has 0 spiro atoms. The summed E-state index contributed by atoms with van der Waals surface area (Å²) >= 11 is 12.8. The van der Waals surface area contributed by atoms with Crippen LogP contribution in [0.2, 0.25) is 10.0 Å². The number of rotatable bonds is 7. The van der Waals surface area contributed by atoms with Gasteiger partial charge in [-0.3, -0.25) is 20.0 Å². The Morgan fingerprint density at radius 2 is 1.63 bits per heavy atom. The molecule has 2 aromatic heterocycles. The van der Waals surface area contributed by atoms with Crippen molar-refractivity contribution in [3.63, 3.8) is 0 Å². The smallest absolute Gasteiger partial charge is 0.246 e. The first-order valence-corrected chi connectivity index (χ1v) is 13.4. The summed E-state index contributed by atoms with van der Waals surface area (Å²) in [6.45, 7) is 8.20. The van der Waals surface area contributed by atoms with E-state index < -0.39 is 0 Å². The Bertz CT molecular complexity index is 1630. The van der Waals surface area contributed by atoms with E-state index in [9.17, 15) is 4.79 Å². The predicted molar refractivity (Wildman–Crippen MR) is 157 cm³/mol. The summed E-state index contributed by atoms with van der Waals surface area (Å²) in [5.74, 6) is -0.230. The average molecular weight is 546 g/mol. The number of carbonyl (C=O) groups excluding carboxylic acids is 1. The fourth-order valence-corrected chi connectivity index (χ4v) is 5.49. The molecule has 1 unspecified atom stereocenters. The summed E-state index contributed by atoms with van der Waals surface area (Å²) in [6.07, 6.45) is 0.676. The van der Waals surface area contributed by atoms with Gasteiger partial charge in [-0.1, -0.05) is 79.5 Å². The topological polar surface area (TPSA) is 58.4 Å².